The summed E-state index contributed by atoms with van der Waals surface area (Å²) in [5.74, 6) is 0. The van der Waals surface area contributed by atoms with Crippen LogP contribution in [0.2, 0.25) is 0 Å². The van der Waals surface area contributed by atoms with Gasteiger partial charge in [0.1, 0.15) is 0 Å². The molecule has 0 amide bonds. The van der Waals surface area contributed by atoms with Crippen LogP contribution in [0.1, 0.15) is 12.5 Å². The largest absolute Gasteiger partial charge is 0.395 e. The highest BCUT2D eigenvalue weighted by molar-refractivity contribution is 9.10. The van der Waals surface area contributed by atoms with Gasteiger partial charge < -0.3 is 10.8 Å². The smallest absolute Gasteiger partial charge is 0.283 e. The van der Waals surface area contributed by atoms with Gasteiger partial charge in [-0.2, -0.15) is 0 Å². The van der Waals surface area contributed by atoms with E-state index in [0.29, 0.717) is 10.0 Å². The van der Waals surface area contributed by atoms with Crippen LogP contribution in [0.5, 0.6) is 0 Å². The van der Waals surface area contributed by atoms with E-state index in [-0.39, 0.29) is 18.8 Å². The van der Waals surface area contributed by atoms with Crippen LogP contribution in [0.15, 0.2) is 22.7 Å². The first kappa shape index (κ1) is 13.1. The van der Waals surface area contributed by atoms with E-state index in [0.717, 1.165) is 0 Å². The second-order valence-electron chi connectivity index (χ2n) is 3.85. The fourth-order valence-electron chi connectivity index (χ4n) is 1.30. The Balaban J connectivity index is 3.27. The number of rotatable bonds is 4. The van der Waals surface area contributed by atoms with E-state index < -0.39 is 10.3 Å². The van der Waals surface area contributed by atoms with Crippen LogP contribution in [-0.2, 0) is 5.41 Å². The van der Waals surface area contributed by atoms with Gasteiger partial charge in [0, 0.05) is 18.0 Å². The van der Waals surface area contributed by atoms with Crippen LogP contribution in [0.25, 0.3) is 0 Å². The normalized spacial score (nSPS) is 14.5. The predicted octanol–water partition coefficient (Wildman–Crippen LogP) is 1.57. The third-order valence-electron chi connectivity index (χ3n) is 2.64. The molecule has 0 heterocycles. The first-order chi connectivity index (χ1) is 7.44. The molecule has 1 aromatic carbocycles. The quantitative estimate of drug-likeness (QED) is 0.650. The number of nitrogens with two attached hydrogens (primary N) is 1. The number of nitro groups is 1. The highest BCUT2D eigenvalue weighted by Gasteiger charge is 2.26. The molecule has 16 heavy (non-hydrogen) atoms. The monoisotopic (exact) mass is 288 g/mol. The van der Waals surface area contributed by atoms with E-state index in [1.807, 2.05) is 0 Å². The molecular formula is C10H13BrN2O3. The Morgan fingerprint density at radius 3 is 2.69 bits per heavy atom. The predicted molar refractivity (Wildman–Crippen MR) is 64.3 cm³/mol. The van der Waals surface area contributed by atoms with E-state index >= 15 is 0 Å². The topological polar surface area (TPSA) is 89.4 Å². The summed E-state index contributed by atoms with van der Waals surface area (Å²) in [6, 6.07) is 4.75. The van der Waals surface area contributed by atoms with E-state index in [1.165, 1.54) is 6.07 Å². The number of halogens is 1. The molecule has 0 aliphatic carbocycles. The van der Waals surface area contributed by atoms with E-state index in [9.17, 15) is 15.2 Å². The summed E-state index contributed by atoms with van der Waals surface area (Å²) < 4.78 is 0.415. The Kier molecular flexibility index (Phi) is 4.01. The summed E-state index contributed by atoms with van der Waals surface area (Å²) >= 11 is 3.11. The van der Waals surface area contributed by atoms with Crippen molar-refractivity contribution >= 4 is 21.6 Å². The second kappa shape index (κ2) is 4.90. The SMILES string of the molecule is CC(CN)(CO)c1ccc(Br)c([N+](=O)[O-])c1. The molecule has 1 unspecified atom stereocenters. The summed E-state index contributed by atoms with van der Waals surface area (Å²) in [6.45, 7) is 1.84. The van der Waals surface area contributed by atoms with Gasteiger partial charge in [0.05, 0.1) is 16.0 Å². The van der Waals surface area contributed by atoms with Gasteiger partial charge >= 0.3 is 0 Å². The van der Waals surface area contributed by atoms with Gasteiger partial charge in [0.15, 0.2) is 0 Å². The molecule has 0 aliphatic rings. The minimum Gasteiger partial charge on any atom is -0.395 e. The lowest BCUT2D eigenvalue weighted by atomic mass is 9.83. The lowest BCUT2D eigenvalue weighted by Gasteiger charge is -2.25. The first-order valence-electron chi connectivity index (χ1n) is 4.70. The van der Waals surface area contributed by atoms with Gasteiger partial charge in [-0.1, -0.05) is 13.0 Å². The minimum atomic E-state index is -0.647. The molecule has 0 bridgehead atoms. The van der Waals surface area contributed by atoms with Crippen LogP contribution in [0, 0.1) is 10.1 Å². The Labute approximate surface area is 102 Å². The van der Waals surface area contributed by atoms with E-state index in [2.05, 4.69) is 15.9 Å². The molecule has 0 saturated heterocycles. The average Bonchev–Trinajstić information content (AvgIpc) is 2.28. The third kappa shape index (κ3) is 2.40. The van der Waals surface area contributed by atoms with Gasteiger partial charge in [-0.15, -0.1) is 0 Å². The lowest BCUT2D eigenvalue weighted by molar-refractivity contribution is -0.385. The summed E-state index contributed by atoms with van der Waals surface area (Å²) in [6.07, 6.45) is 0. The summed E-state index contributed by atoms with van der Waals surface area (Å²) in [7, 11) is 0. The van der Waals surface area contributed by atoms with Crippen LogP contribution < -0.4 is 5.73 Å². The maximum Gasteiger partial charge on any atom is 0.283 e. The van der Waals surface area contributed by atoms with Crippen molar-refractivity contribution in [3.63, 3.8) is 0 Å². The molecule has 5 nitrogen and oxygen atoms in total. The van der Waals surface area contributed by atoms with Crippen molar-refractivity contribution in [3.05, 3.63) is 38.3 Å². The summed E-state index contributed by atoms with van der Waals surface area (Å²) in [5, 5.41) is 20.0. The fraction of sp³-hybridized carbons (Fsp3) is 0.400. The molecule has 3 N–H and O–H groups in total. The molecule has 88 valence electrons. The van der Waals surface area contributed by atoms with Crippen molar-refractivity contribution in [2.45, 2.75) is 12.3 Å². The highest BCUT2D eigenvalue weighted by atomic mass is 79.9. The van der Waals surface area contributed by atoms with Crippen molar-refractivity contribution in [1.82, 2.24) is 0 Å². The number of benzene rings is 1. The third-order valence-corrected chi connectivity index (χ3v) is 3.31. The van der Waals surface area contributed by atoms with Gasteiger partial charge in [-0.05, 0) is 27.6 Å². The Morgan fingerprint density at radius 2 is 2.25 bits per heavy atom. The number of nitrogens with zero attached hydrogens (tertiary/aromatic N) is 1. The molecule has 6 heteroatoms. The zero-order chi connectivity index (χ0) is 12.3. The standard InChI is InChI=1S/C10H13BrN2O3/c1-10(5-12,6-14)7-2-3-8(11)9(4-7)13(15)16/h2-4,14H,5-6,12H2,1H3. The second-order valence-corrected chi connectivity index (χ2v) is 4.70. The summed E-state index contributed by atoms with van der Waals surface area (Å²) in [4.78, 5) is 10.3. The molecule has 0 spiro atoms. The number of aliphatic hydroxyl groups is 1. The molecule has 0 radical (unpaired) electrons. The van der Waals surface area contributed by atoms with Crippen LogP contribution in [0.4, 0.5) is 5.69 Å². The maximum absolute atomic E-state index is 10.8. The van der Waals surface area contributed by atoms with Gasteiger partial charge in [0.2, 0.25) is 0 Å². The molecule has 1 atom stereocenters. The summed E-state index contributed by atoms with van der Waals surface area (Å²) in [5.41, 5.74) is 5.56. The van der Waals surface area contributed by atoms with Crippen molar-refractivity contribution < 1.29 is 10.0 Å². The molecule has 0 aliphatic heterocycles. The molecule has 0 aromatic heterocycles. The van der Waals surface area contributed by atoms with E-state index in [4.69, 9.17) is 5.73 Å². The molecule has 1 rings (SSSR count). The van der Waals surface area contributed by atoms with Crippen molar-refractivity contribution in [3.8, 4) is 0 Å². The Bertz CT molecular complexity index is 405. The Hall–Kier alpha value is -0.980. The highest BCUT2D eigenvalue weighted by Crippen LogP contribution is 2.31. The van der Waals surface area contributed by atoms with E-state index in [1.54, 1.807) is 19.1 Å². The van der Waals surface area contributed by atoms with Crippen LogP contribution in [-0.4, -0.2) is 23.2 Å². The van der Waals surface area contributed by atoms with Gasteiger partial charge in [-0.25, -0.2) is 0 Å². The molecule has 0 saturated carbocycles. The number of nitro benzene ring substituents is 1. The maximum atomic E-state index is 10.8. The van der Waals surface area contributed by atoms with Crippen molar-refractivity contribution in [2.75, 3.05) is 13.2 Å². The van der Waals surface area contributed by atoms with Gasteiger partial charge in [-0.3, -0.25) is 10.1 Å². The average molecular weight is 289 g/mol. The number of aliphatic hydroxyl groups excluding tert-OH is 1. The zero-order valence-corrected chi connectivity index (χ0v) is 10.4. The van der Waals surface area contributed by atoms with Gasteiger partial charge in [0.25, 0.3) is 5.69 Å². The number of hydrogen-bond donors (Lipinski definition) is 2. The first-order valence-corrected chi connectivity index (χ1v) is 5.49. The fourth-order valence-corrected chi connectivity index (χ4v) is 1.69. The molecule has 1 aromatic rings. The zero-order valence-electron chi connectivity index (χ0n) is 8.81. The number of hydrogen-bond acceptors (Lipinski definition) is 4. The van der Waals surface area contributed by atoms with Crippen molar-refractivity contribution in [1.29, 1.82) is 0 Å². The van der Waals surface area contributed by atoms with Crippen LogP contribution >= 0.6 is 15.9 Å². The van der Waals surface area contributed by atoms with Crippen molar-refractivity contribution in [2.24, 2.45) is 5.73 Å². The minimum absolute atomic E-state index is 0.0226. The lowest BCUT2D eigenvalue weighted by Crippen LogP contribution is -2.35. The molecular weight excluding hydrogens is 276 g/mol. The molecule has 0 fully saturated rings. The Morgan fingerprint density at radius 1 is 1.62 bits per heavy atom. The van der Waals surface area contributed by atoms with Crippen LogP contribution in [0.3, 0.4) is 0 Å².